The second-order valence-corrected chi connectivity index (χ2v) is 4.87. The minimum Gasteiger partial charge on any atom is -0.479 e. The van der Waals surface area contributed by atoms with Gasteiger partial charge in [-0.1, -0.05) is 30.3 Å². The zero-order chi connectivity index (χ0) is 15.4. The minimum atomic E-state index is 0.379. The van der Waals surface area contributed by atoms with Crippen molar-refractivity contribution >= 4 is 11.0 Å². The van der Waals surface area contributed by atoms with Crippen molar-refractivity contribution in [3.05, 3.63) is 53.5 Å². The molecule has 0 amide bonds. The van der Waals surface area contributed by atoms with Gasteiger partial charge in [0.15, 0.2) is 0 Å². The molecule has 0 aliphatic carbocycles. The highest BCUT2D eigenvalue weighted by Gasteiger charge is 2.15. The number of hydrogen-bond acceptors (Lipinski definition) is 5. The highest BCUT2D eigenvalue weighted by atomic mass is 16.5. The summed E-state index contributed by atoms with van der Waals surface area (Å²) in [7, 11) is 1.58. The SMILES string of the molecule is COc1ncnc2c(CN)c(COCc3ccccc3)[nH]c12. The number of nitrogens with zero attached hydrogens (tertiary/aromatic N) is 2. The third-order valence-electron chi connectivity index (χ3n) is 3.49. The average molecular weight is 298 g/mol. The summed E-state index contributed by atoms with van der Waals surface area (Å²) in [4.78, 5) is 11.7. The molecule has 0 saturated heterocycles. The summed E-state index contributed by atoms with van der Waals surface area (Å²) < 4.78 is 11.0. The van der Waals surface area contributed by atoms with Gasteiger partial charge in [0.1, 0.15) is 17.4 Å². The molecule has 0 aliphatic heterocycles. The molecule has 1 aromatic carbocycles. The van der Waals surface area contributed by atoms with Gasteiger partial charge >= 0.3 is 0 Å². The first kappa shape index (κ1) is 14.5. The number of nitrogens with one attached hydrogen (secondary N) is 1. The largest absolute Gasteiger partial charge is 0.479 e. The van der Waals surface area contributed by atoms with Gasteiger partial charge in [-0.25, -0.2) is 4.98 Å². The number of fused-ring (bicyclic) bond motifs is 1. The Labute approximate surface area is 128 Å². The molecule has 0 atom stereocenters. The first-order chi connectivity index (χ1) is 10.8. The molecule has 0 saturated carbocycles. The first-order valence-electron chi connectivity index (χ1n) is 7.03. The molecule has 2 heterocycles. The van der Waals surface area contributed by atoms with Crippen LogP contribution in [-0.4, -0.2) is 22.1 Å². The lowest BCUT2D eigenvalue weighted by Crippen LogP contribution is -2.02. The van der Waals surface area contributed by atoms with Crippen molar-refractivity contribution in [2.45, 2.75) is 19.8 Å². The predicted molar refractivity (Wildman–Crippen MR) is 83.3 cm³/mol. The molecule has 0 spiro atoms. The van der Waals surface area contributed by atoms with Crippen LogP contribution in [0, 0.1) is 0 Å². The van der Waals surface area contributed by atoms with Crippen molar-refractivity contribution in [1.82, 2.24) is 15.0 Å². The maximum absolute atomic E-state index is 5.86. The molecular formula is C16H18N4O2. The van der Waals surface area contributed by atoms with E-state index in [9.17, 15) is 0 Å². The summed E-state index contributed by atoms with van der Waals surface area (Å²) >= 11 is 0. The molecule has 114 valence electrons. The zero-order valence-electron chi connectivity index (χ0n) is 12.4. The van der Waals surface area contributed by atoms with Gasteiger partial charge in [0.25, 0.3) is 0 Å². The Balaban J connectivity index is 1.81. The summed E-state index contributed by atoms with van der Waals surface area (Å²) in [5.74, 6) is 0.508. The smallest absolute Gasteiger partial charge is 0.241 e. The Kier molecular flexibility index (Phi) is 4.32. The molecule has 0 radical (unpaired) electrons. The van der Waals surface area contributed by atoms with Crippen molar-refractivity contribution < 1.29 is 9.47 Å². The van der Waals surface area contributed by atoms with Crippen molar-refractivity contribution in [1.29, 1.82) is 0 Å². The second-order valence-electron chi connectivity index (χ2n) is 4.87. The molecule has 22 heavy (non-hydrogen) atoms. The van der Waals surface area contributed by atoms with E-state index in [4.69, 9.17) is 15.2 Å². The van der Waals surface area contributed by atoms with Gasteiger partial charge in [-0.05, 0) is 5.56 Å². The van der Waals surface area contributed by atoms with Crippen LogP contribution in [0.15, 0.2) is 36.7 Å². The number of methoxy groups -OCH3 is 1. The molecular weight excluding hydrogens is 280 g/mol. The lowest BCUT2D eigenvalue weighted by atomic mass is 10.2. The van der Waals surface area contributed by atoms with Crippen LogP contribution in [-0.2, 0) is 24.5 Å². The van der Waals surface area contributed by atoms with Crippen LogP contribution in [0.5, 0.6) is 5.88 Å². The van der Waals surface area contributed by atoms with Crippen molar-refractivity contribution in [3.8, 4) is 5.88 Å². The number of rotatable bonds is 6. The lowest BCUT2D eigenvalue weighted by molar-refractivity contribution is 0.104. The van der Waals surface area contributed by atoms with Gasteiger partial charge < -0.3 is 20.2 Å². The fraction of sp³-hybridized carbons (Fsp3) is 0.250. The Morgan fingerprint density at radius 2 is 1.95 bits per heavy atom. The number of nitrogens with two attached hydrogens (primary N) is 1. The van der Waals surface area contributed by atoms with E-state index in [2.05, 4.69) is 15.0 Å². The second kappa shape index (κ2) is 6.55. The number of H-pyrrole nitrogens is 1. The summed E-state index contributed by atoms with van der Waals surface area (Å²) in [5.41, 5.74) is 10.4. The standard InChI is InChI=1S/C16H18N4O2/c1-21-16-15-14(18-10-19-16)12(7-17)13(20-15)9-22-8-11-5-3-2-4-6-11/h2-6,10,20H,7-9,17H2,1H3. The Hall–Kier alpha value is -2.44. The number of benzene rings is 1. The molecule has 0 unspecified atom stereocenters. The summed E-state index contributed by atoms with van der Waals surface area (Å²) in [6.07, 6.45) is 1.47. The molecule has 6 heteroatoms. The molecule has 0 aliphatic rings. The van der Waals surface area contributed by atoms with E-state index >= 15 is 0 Å². The van der Waals surface area contributed by atoms with E-state index < -0.39 is 0 Å². The van der Waals surface area contributed by atoms with E-state index in [0.29, 0.717) is 25.6 Å². The molecule has 0 fully saturated rings. The maximum Gasteiger partial charge on any atom is 0.241 e. The Morgan fingerprint density at radius 1 is 1.14 bits per heavy atom. The molecule has 2 aromatic heterocycles. The van der Waals surface area contributed by atoms with Crippen molar-refractivity contribution in [2.24, 2.45) is 5.73 Å². The highest BCUT2D eigenvalue weighted by Crippen LogP contribution is 2.26. The molecule has 0 bridgehead atoms. The van der Waals surface area contributed by atoms with Crippen LogP contribution in [0.3, 0.4) is 0 Å². The lowest BCUT2D eigenvalue weighted by Gasteiger charge is -2.05. The molecule has 6 nitrogen and oxygen atoms in total. The topological polar surface area (TPSA) is 86.1 Å². The third-order valence-corrected chi connectivity index (χ3v) is 3.49. The van der Waals surface area contributed by atoms with Crippen molar-refractivity contribution in [3.63, 3.8) is 0 Å². The van der Waals surface area contributed by atoms with Gasteiger partial charge in [0, 0.05) is 17.8 Å². The summed E-state index contributed by atoms with van der Waals surface area (Å²) in [5, 5.41) is 0. The van der Waals surface area contributed by atoms with Gasteiger partial charge in [-0.2, -0.15) is 4.98 Å². The number of aromatic amines is 1. The summed E-state index contributed by atoms with van der Waals surface area (Å²) in [6.45, 7) is 1.36. The monoisotopic (exact) mass is 298 g/mol. The van der Waals surface area contributed by atoms with Gasteiger partial charge in [-0.15, -0.1) is 0 Å². The average Bonchev–Trinajstić information content (AvgIpc) is 2.93. The van der Waals surface area contributed by atoms with E-state index in [-0.39, 0.29) is 0 Å². The van der Waals surface area contributed by atoms with Crippen LogP contribution in [0.2, 0.25) is 0 Å². The summed E-state index contributed by atoms with van der Waals surface area (Å²) in [6, 6.07) is 10.0. The molecule has 3 rings (SSSR count). The van der Waals surface area contributed by atoms with Crippen LogP contribution in [0.1, 0.15) is 16.8 Å². The third kappa shape index (κ3) is 2.79. The molecule has 3 aromatic rings. The van der Waals surface area contributed by atoms with E-state index in [1.807, 2.05) is 30.3 Å². The van der Waals surface area contributed by atoms with Crippen LogP contribution < -0.4 is 10.5 Å². The van der Waals surface area contributed by atoms with Gasteiger partial charge in [0.2, 0.25) is 5.88 Å². The van der Waals surface area contributed by atoms with E-state index in [1.165, 1.54) is 6.33 Å². The zero-order valence-corrected chi connectivity index (χ0v) is 12.4. The number of aromatic nitrogens is 3. The van der Waals surface area contributed by atoms with Crippen molar-refractivity contribution in [2.75, 3.05) is 7.11 Å². The number of hydrogen-bond donors (Lipinski definition) is 2. The number of ether oxygens (including phenoxy) is 2. The highest BCUT2D eigenvalue weighted by molar-refractivity contribution is 5.84. The van der Waals surface area contributed by atoms with Crippen LogP contribution in [0.4, 0.5) is 0 Å². The first-order valence-corrected chi connectivity index (χ1v) is 7.03. The molecule has 3 N–H and O–H groups in total. The van der Waals surface area contributed by atoms with Gasteiger partial charge in [-0.3, -0.25) is 0 Å². The quantitative estimate of drug-likeness (QED) is 0.728. The Bertz CT molecular complexity index is 755. The van der Waals surface area contributed by atoms with Gasteiger partial charge in [0.05, 0.1) is 20.3 Å². The van der Waals surface area contributed by atoms with Crippen LogP contribution >= 0.6 is 0 Å². The fourth-order valence-corrected chi connectivity index (χ4v) is 2.42. The predicted octanol–water partition coefficient (Wildman–Crippen LogP) is 2.14. The van der Waals surface area contributed by atoms with E-state index in [0.717, 1.165) is 27.9 Å². The van der Waals surface area contributed by atoms with E-state index in [1.54, 1.807) is 7.11 Å². The minimum absolute atomic E-state index is 0.379. The van der Waals surface area contributed by atoms with Crippen LogP contribution in [0.25, 0.3) is 11.0 Å². The fourth-order valence-electron chi connectivity index (χ4n) is 2.42. The maximum atomic E-state index is 5.86. The Morgan fingerprint density at radius 3 is 2.68 bits per heavy atom. The normalized spacial score (nSPS) is 11.0.